The Morgan fingerprint density at radius 1 is 0.816 bits per heavy atom. The van der Waals surface area contributed by atoms with Gasteiger partial charge in [-0.2, -0.15) is 13.2 Å². The van der Waals surface area contributed by atoms with Gasteiger partial charge in [-0.05, 0) is 69.8 Å². The minimum atomic E-state index is -4.56. The average Bonchev–Trinajstić information content (AvgIpc) is 3.62. The van der Waals surface area contributed by atoms with Gasteiger partial charge >= 0.3 is 6.18 Å². The number of alkyl halides is 3. The molecule has 0 atom stereocenters. The summed E-state index contributed by atoms with van der Waals surface area (Å²) in [4.78, 5) is 20.3. The van der Waals surface area contributed by atoms with Gasteiger partial charge in [-0.15, -0.1) is 0 Å². The van der Waals surface area contributed by atoms with Gasteiger partial charge in [0.2, 0.25) is 0 Å². The predicted octanol–water partition coefficient (Wildman–Crippen LogP) is 11.1. The predicted molar refractivity (Wildman–Crippen MR) is 187 cm³/mol. The van der Waals surface area contributed by atoms with E-state index in [1.807, 2.05) is 62.4 Å². The van der Waals surface area contributed by atoms with E-state index in [2.05, 4.69) is 28.3 Å². The van der Waals surface area contributed by atoms with Gasteiger partial charge in [0.15, 0.2) is 5.78 Å². The smallest absolute Gasteiger partial charge is 0.419 e. The summed E-state index contributed by atoms with van der Waals surface area (Å²) >= 11 is 0. The van der Waals surface area contributed by atoms with Crippen molar-refractivity contribution in [2.75, 3.05) is 0 Å². The van der Waals surface area contributed by atoms with E-state index >= 15 is 0 Å². The van der Waals surface area contributed by atoms with E-state index in [-0.39, 0.29) is 54.4 Å². The maximum Gasteiger partial charge on any atom is 0.419 e. The molecule has 0 unspecified atom stereocenters. The summed E-state index contributed by atoms with van der Waals surface area (Å²) in [5, 5.41) is 13.8. The van der Waals surface area contributed by atoms with E-state index in [1.54, 1.807) is 24.3 Å². The number of hydrogen-bond acceptors (Lipinski definition) is 4. The third-order valence-electron chi connectivity index (χ3n) is 9.44. The van der Waals surface area contributed by atoms with E-state index in [1.165, 1.54) is 18.5 Å². The van der Waals surface area contributed by atoms with Crippen molar-refractivity contribution in [3.8, 4) is 11.3 Å². The first-order chi connectivity index (χ1) is 23.1. The number of aliphatic hydroxyl groups is 1. The van der Waals surface area contributed by atoms with Crippen LogP contribution in [-0.2, 0) is 31.1 Å². The maximum atomic E-state index is 14.2. The summed E-state index contributed by atoms with van der Waals surface area (Å²) in [6, 6.07) is 22.3. The van der Waals surface area contributed by atoms with Crippen LogP contribution in [0.4, 0.5) is 13.2 Å². The summed E-state index contributed by atoms with van der Waals surface area (Å²) in [6.45, 7) is 8.07. The molecule has 4 aromatic carbocycles. The summed E-state index contributed by atoms with van der Waals surface area (Å²) in [7, 11) is 0. The van der Waals surface area contributed by atoms with Crippen LogP contribution in [0.5, 0.6) is 0 Å². The molecule has 0 saturated carbocycles. The first-order valence-corrected chi connectivity index (χ1v) is 16.5. The fourth-order valence-corrected chi connectivity index (χ4v) is 6.82. The van der Waals surface area contributed by atoms with Crippen molar-refractivity contribution in [1.82, 2.24) is 14.4 Å². The number of aliphatic hydroxyl groups excluding tert-OH is 1. The zero-order valence-corrected chi connectivity index (χ0v) is 30.1. The summed E-state index contributed by atoms with van der Waals surface area (Å²) in [5.41, 5.74) is 2.25. The number of halogens is 3. The Balaban J connectivity index is 0.000000252. The van der Waals surface area contributed by atoms with Gasteiger partial charge in [-0.1, -0.05) is 111 Å². The number of ketones is 1. The van der Waals surface area contributed by atoms with Gasteiger partial charge in [-0.25, -0.2) is 4.98 Å². The standard InChI is InChI=1S/C27H13F3N3.C13H24O2.Ir/c28-27(29,30)23-16-7-2-1-6-15(16)12-20-24(31-14-32-25(20)23)21-13-33-22-11-4-3-8-17(22)18-9-5-10-19(21)26(18)33;1-5-10(6-2)12(14)9-13(15)11(7-3)8-4;/h1-12,14H;9-11,14H,5-8H2,1-4H3;/q-1;;/b;12-9-;. The normalized spacial score (nSPS) is 12.4. The second-order valence-electron chi connectivity index (χ2n) is 12.1. The van der Waals surface area contributed by atoms with Gasteiger partial charge in [0.25, 0.3) is 0 Å². The Bertz CT molecular complexity index is 2290. The van der Waals surface area contributed by atoms with Crippen molar-refractivity contribution in [1.29, 1.82) is 0 Å². The van der Waals surface area contributed by atoms with Crippen molar-refractivity contribution >= 4 is 54.7 Å². The molecule has 0 aliphatic rings. The zero-order valence-electron chi connectivity index (χ0n) is 27.7. The molecule has 9 heteroatoms. The van der Waals surface area contributed by atoms with Crippen molar-refractivity contribution in [2.45, 2.75) is 59.6 Å². The molecule has 3 aromatic heterocycles. The van der Waals surface area contributed by atoms with Crippen LogP contribution < -0.4 is 0 Å². The molecular weight excluding hydrogens is 804 g/mol. The van der Waals surface area contributed by atoms with Gasteiger partial charge in [-0.3, -0.25) is 9.78 Å². The Hall–Kier alpha value is -4.33. The first-order valence-electron chi connectivity index (χ1n) is 16.5. The summed E-state index contributed by atoms with van der Waals surface area (Å²) in [5.74, 6) is 0.547. The molecular formula is C40H37F3IrN3O2-. The molecule has 0 saturated heterocycles. The van der Waals surface area contributed by atoms with Gasteiger partial charge in [0.05, 0.1) is 16.8 Å². The van der Waals surface area contributed by atoms with Gasteiger partial charge in [0.1, 0.15) is 6.33 Å². The van der Waals surface area contributed by atoms with Crippen LogP contribution >= 0.6 is 0 Å². The Morgan fingerprint density at radius 3 is 2.10 bits per heavy atom. The topological polar surface area (TPSA) is 67.5 Å². The number of carbonyl (C=O) groups excluding carboxylic acids is 1. The molecule has 0 bridgehead atoms. The second kappa shape index (κ2) is 14.6. The third kappa shape index (κ3) is 6.54. The number of para-hydroxylation sites is 2. The quantitative estimate of drug-likeness (QED) is 0.0716. The monoisotopic (exact) mass is 841 g/mol. The number of nitrogens with zero attached hydrogens (tertiary/aromatic N) is 3. The molecule has 0 fully saturated rings. The van der Waals surface area contributed by atoms with E-state index in [9.17, 15) is 23.1 Å². The van der Waals surface area contributed by atoms with Crippen LogP contribution in [-0.4, -0.2) is 25.3 Å². The number of carbonyl (C=O) groups is 1. The zero-order chi connectivity index (χ0) is 34.2. The molecule has 0 aliphatic heterocycles. The third-order valence-corrected chi connectivity index (χ3v) is 9.44. The van der Waals surface area contributed by atoms with E-state index < -0.39 is 11.7 Å². The Labute approximate surface area is 296 Å². The molecule has 7 aromatic rings. The van der Waals surface area contributed by atoms with Crippen LogP contribution in [0.15, 0.2) is 91.0 Å². The second-order valence-corrected chi connectivity index (χ2v) is 12.1. The van der Waals surface area contributed by atoms with E-state index in [4.69, 9.17) is 0 Å². The molecule has 0 spiro atoms. The molecule has 255 valence electrons. The number of allylic oxidation sites excluding steroid dienone is 2. The van der Waals surface area contributed by atoms with Gasteiger partial charge in [0, 0.05) is 43.7 Å². The molecule has 0 aliphatic carbocycles. The molecule has 3 heterocycles. The molecule has 0 amide bonds. The minimum Gasteiger partial charge on any atom is -0.512 e. The first kappa shape index (κ1) is 36.0. The van der Waals surface area contributed by atoms with Gasteiger partial charge < -0.3 is 9.51 Å². The van der Waals surface area contributed by atoms with Crippen molar-refractivity contribution in [3.63, 3.8) is 0 Å². The number of hydrogen-bond donors (Lipinski definition) is 1. The molecule has 1 radical (unpaired) electrons. The number of rotatable bonds is 8. The van der Waals surface area contributed by atoms with E-state index in [0.29, 0.717) is 22.0 Å². The molecule has 7 rings (SSSR count). The largest absolute Gasteiger partial charge is 0.512 e. The van der Waals surface area contributed by atoms with Crippen LogP contribution in [0.2, 0.25) is 0 Å². The summed E-state index contributed by atoms with van der Waals surface area (Å²) in [6.07, 6.45) is 4.97. The Morgan fingerprint density at radius 2 is 1.43 bits per heavy atom. The Kier molecular flexibility index (Phi) is 10.8. The average molecular weight is 841 g/mol. The van der Waals surface area contributed by atoms with Crippen LogP contribution in [0, 0.1) is 18.0 Å². The fraction of sp³-hybridized carbons (Fsp3) is 0.275. The maximum absolute atomic E-state index is 14.2. The van der Waals surface area contributed by atoms with Crippen molar-refractivity contribution < 1.29 is 43.2 Å². The molecule has 1 N–H and O–H groups in total. The molecule has 49 heavy (non-hydrogen) atoms. The van der Waals surface area contributed by atoms with Crippen LogP contribution in [0.1, 0.15) is 58.9 Å². The number of benzene rings is 4. The van der Waals surface area contributed by atoms with Crippen LogP contribution in [0.25, 0.3) is 60.1 Å². The van der Waals surface area contributed by atoms with Crippen molar-refractivity contribution in [3.05, 3.63) is 103 Å². The van der Waals surface area contributed by atoms with E-state index in [0.717, 1.165) is 52.9 Å². The van der Waals surface area contributed by atoms with Crippen LogP contribution in [0.3, 0.4) is 0 Å². The minimum absolute atomic E-state index is 0. The summed E-state index contributed by atoms with van der Waals surface area (Å²) < 4.78 is 44.6. The SMILES string of the molecule is CCC(CC)C(=O)/C=C(\O)C(CC)CC.FC(F)(F)c1c2ccccc2cc2c(-c3[c-]n4c5ccccc5c5cccc3c54)ncnc12.[Ir]. The fourth-order valence-electron chi connectivity index (χ4n) is 6.82. The van der Waals surface area contributed by atoms with Crippen molar-refractivity contribution in [2.24, 2.45) is 11.8 Å². The number of fused-ring (bicyclic) bond motifs is 5. The molecule has 5 nitrogen and oxygen atoms in total. The number of aromatic nitrogens is 3.